The van der Waals surface area contributed by atoms with Crippen LogP contribution in [0.1, 0.15) is 6.42 Å². The number of amides is 1. The van der Waals surface area contributed by atoms with E-state index in [2.05, 4.69) is 28.2 Å². The van der Waals surface area contributed by atoms with Crippen LogP contribution in [0.3, 0.4) is 0 Å². The molecular weight excluding hydrogens is 250 g/mol. The van der Waals surface area contributed by atoms with Crippen LogP contribution in [0, 0.1) is 0 Å². The van der Waals surface area contributed by atoms with Crippen molar-refractivity contribution in [2.24, 2.45) is 0 Å². The summed E-state index contributed by atoms with van der Waals surface area (Å²) >= 11 is 4.36. The van der Waals surface area contributed by atoms with Crippen LogP contribution in [-0.2, 0) is 4.79 Å². The van der Waals surface area contributed by atoms with Crippen molar-refractivity contribution >= 4 is 24.2 Å². The molecule has 1 aliphatic heterocycles. The number of benzene rings is 1. The standard InChI is InChI=1S/C11H11N5OS/c17-11-5-8(18)6-15(11)9-3-1-2-4-10(9)16-7-12-13-14-16/h1-4,7-8,18H,5-6H2. The molecule has 1 amide bonds. The summed E-state index contributed by atoms with van der Waals surface area (Å²) in [6, 6.07) is 7.55. The zero-order chi connectivity index (χ0) is 12.5. The number of nitrogens with zero attached hydrogens (tertiary/aromatic N) is 5. The van der Waals surface area contributed by atoms with Gasteiger partial charge in [-0.15, -0.1) is 5.10 Å². The molecule has 0 spiro atoms. The predicted molar refractivity (Wildman–Crippen MR) is 68.9 cm³/mol. The minimum atomic E-state index is 0.0792. The zero-order valence-corrected chi connectivity index (χ0v) is 10.4. The third kappa shape index (κ3) is 1.86. The third-order valence-electron chi connectivity index (χ3n) is 2.87. The summed E-state index contributed by atoms with van der Waals surface area (Å²) in [5.74, 6) is 0.0792. The molecule has 92 valence electrons. The van der Waals surface area contributed by atoms with Crippen LogP contribution >= 0.6 is 12.6 Å². The summed E-state index contributed by atoms with van der Waals surface area (Å²) in [6.45, 7) is 0.612. The van der Waals surface area contributed by atoms with Gasteiger partial charge in [-0.25, -0.2) is 0 Å². The highest BCUT2D eigenvalue weighted by Gasteiger charge is 2.29. The number of aromatic nitrogens is 4. The molecule has 0 bridgehead atoms. The average Bonchev–Trinajstić information content (AvgIpc) is 2.99. The normalized spacial score (nSPS) is 19.5. The minimum Gasteiger partial charge on any atom is -0.309 e. The lowest BCUT2D eigenvalue weighted by Gasteiger charge is -2.19. The monoisotopic (exact) mass is 261 g/mol. The molecule has 1 fully saturated rings. The maximum atomic E-state index is 11.9. The first-order chi connectivity index (χ1) is 8.75. The van der Waals surface area contributed by atoms with Crippen LogP contribution in [-0.4, -0.2) is 37.9 Å². The lowest BCUT2D eigenvalue weighted by molar-refractivity contribution is -0.117. The molecule has 3 rings (SSSR count). The molecule has 1 aromatic carbocycles. The first kappa shape index (κ1) is 11.2. The smallest absolute Gasteiger partial charge is 0.228 e. The van der Waals surface area contributed by atoms with E-state index in [4.69, 9.17) is 0 Å². The Morgan fingerprint density at radius 3 is 2.67 bits per heavy atom. The lowest BCUT2D eigenvalue weighted by atomic mass is 10.2. The van der Waals surface area contributed by atoms with Gasteiger partial charge in [-0.2, -0.15) is 17.3 Å². The maximum Gasteiger partial charge on any atom is 0.228 e. The van der Waals surface area contributed by atoms with Crippen molar-refractivity contribution in [3.63, 3.8) is 0 Å². The summed E-state index contributed by atoms with van der Waals surface area (Å²) in [7, 11) is 0. The van der Waals surface area contributed by atoms with Gasteiger partial charge >= 0.3 is 0 Å². The molecule has 1 atom stereocenters. The van der Waals surface area contributed by atoms with E-state index in [1.165, 1.54) is 6.33 Å². The highest BCUT2D eigenvalue weighted by atomic mass is 32.1. The first-order valence-corrected chi connectivity index (χ1v) is 6.08. The van der Waals surface area contributed by atoms with Gasteiger partial charge < -0.3 is 4.90 Å². The van der Waals surface area contributed by atoms with Gasteiger partial charge in [-0.05, 0) is 22.6 Å². The Hall–Kier alpha value is -1.89. The summed E-state index contributed by atoms with van der Waals surface area (Å²) in [5, 5.41) is 11.2. The topological polar surface area (TPSA) is 63.9 Å². The number of carbonyl (C=O) groups excluding carboxylic acids is 1. The van der Waals surface area contributed by atoms with E-state index in [-0.39, 0.29) is 11.2 Å². The fourth-order valence-corrected chi connectivity index (χ4v) is 2.40. The number of thiol groups is 1. The molecule has 2 heterocycles. The van der Waals surface area contributed by atoms with E-state index in [1.54, 1.807) is 9.58 Å². The second-order valence-corrected chi connectivity index (χ2v) is 4.84. The summed E-state index contributed by atoms with van der Waals surface area (Å²) in [6.07, 6.45) is 1.98. The summed E-state index contributed by atoms with van der Waals surface area (Å²) in [4.78, 5) is 13.7. The van der Waals surface area contributed by atoms with Gasteiger partial charge in [-0.1, -0.05) is 12.1 Å². The predicted octanol–water partition coefficient (Wildman–Crippen LogP) is 0.697. The van der Waals surface area contributed by atoms with E-state index < -0.39 is 0 Å². The largest absolute Gasteiger partial charge is 0.309 e. The van der Waals surface area contributed by atoms with Crippen molar-refractivity contribution in [2.45, 2.75) is 11.7 Å². The number of tetrazole rings is 1. The van der Waals surface area contributed by atoms with Crippen LogP contribution in [0.25, 0.3) is 5.69 Å². The number of anilines is 1. The Kier molecular flexibility index (Phi) is 2.75. The minimum absolute atomic E-state index is 0.0792. The number of carbonyl (C=O) groups is 1. The van der Waals surface area contributed by atoms with Gasteiger partial charge in [0.25, 0.3) is 0 Å². The van der Waals surface area contributed by atoms with Crippen molar-refractivity contribution in [3.8, 4) is 5.69 Å². The fourth-order valence-electron chi connectivity index (χ4n) is 2.08. The van der Waals surface area contributed by atoms with Crippen molar-refractivity contribution in [1.29, 1.82) is 0 Å². The van der Waals surface area contributed by atoms with E-state index in [0.717, 1.165) is 11.4 Å². The molecule has 7 heteroatoms. The Balaban J connectivity index is 2.05. The second kappa shape index (κ2) is 4.41. The summed E-state index contributed by atoms with van der Waals surface area (Å²) in [5.41, 5.74) is 1.60. The van der Waals surface area contributed by atoms with Gasteiger partial charge in [0, 0.05) is 18.2 Å². The second-order valence-electron chi connectivity index (χ2n) is 4.11. The molecule has 0 aliphatic carbocycles. The molecule has 0 radical (unpaired) electrons. The van der Waals surface area contributed by atoms with Crippen molar-refractivity contribution in [1.82, 2.24) is 20.2 Å². The first-order valence-electron chi connectivity index (χ1n) is 5.56. The van der Waals surface area contributed by atoms with Crippen molar-refractivity contribution in [2.75, 3.05) is 11.4 Å². The maximum absolute atomic E-state index is 11.9. The Bertz CT molecular complexity index is 571. The lowest BCUT2D eigenvalue weighted by Crippen LogP contribution is -2.26. The van der Waals surface area contributed by atoms with Gasteiger partial charge in [0.05, 0.1) is 11.4 Å². The number of rotatable bonds is 2. The Morgan fingerprint density at radius 1 is 1.28 bits per heavy atom. The van der Waals surface area contributed by atoms with Crippen molar-refractivity contribution in [3.05, 3.63) is 30.6 Å². The fraction of sp³-hybridized carbons (Fsp3) is 0.273. The van der Waals surface area contributed by atoms with Crippen LogP contribution < -0.4 is 4.90 Å². The van der Waals surface area contributed by atoms with Crippen molar-refractivity contribution < 1.29 is 4.79 Å². The van der Waals surface area contributed by atoms with E-state index in [1.807, 2.05) is 24.3 Å². The molecule has 6 nitrogen and oxygen atoms in total. The van der Waals surface area contributed by atoms with Gasteiger partial charge in [0.1, 0.15) is 6.33 Å². The number of hydrogen-bond donors (Lipinski definition) is 1. The number of para-hydroxylation sites is 2. The number of hydrogen-bond acceptors (Lipinski definition) is 5. The molecule has 1 aromatic heterocycles. The van der Waals surface area contributed by atoms with Crippen LogP contribution in [0.2, 0.25) is 0 Å². The highest BCUT2D eigenvalue weighted by molar-refractivity contribution is 7.81. The van der Waals surface area contributed by atoms with Gasteiger partial charge in [0.15, 0.2) is 0 Å². The molecular formula is C11H11N5OS. The molecule has 0 saturated carbocycles. The highest BCUT2D eigenvalue weighted by Crippen LogP contribution is 2.28. The Labute approximate surface area is 109 Å². The van der Waals surface area contributed by atoms with Gasteiger partial charge in [0.2, 0.25) is 5.91 Å². The molecule has 1 saturated heterocycles. The molecule has 18 heavy (non-hydrogen) atoms. The van der Waals surface area contributed by atoms with Gasteiger partial charge in [-0.3, -0.25) is 4.79 Å². The molecule has 2 aromatic rings. The van der Waals surface area contributed by atoms with E-state index >= 15 is 0 Å². The molecule has 0 N–H and O–H groups in total. The summed E-state index contributed by atoms with van der Waals surface area (Å²) < 4.78 is 1.55. The van der Waals surface area contributed by atoms with Crippen LogP contribution in [0.5, 0.6) is 0 Å². The SMILES string of the molecule is O=C1CC(S)CN1c1ccccc1-n1cnnn1. The van der Waals surface area contributed by atoms with Crippen LogP contribution in [0.4, 0.5) is 5.69 Å². The van der Waals surface area contributed by atoms with Crippen LogP contribution in [0.15, 0.2) is 30.6 Å². The zero-order valence-electron chi connectivity index (χ0n) is 9.47. The van der Waals surface area contributed by atoms with E-state index in [9.17, 15) is 4.79 Å². The average molecular weight is 261 g/mol. The quantitative estimate of drug-likeness (QED) is 0.808. The molecule has 1 aliphatic rings. The molecule has 1 unspecified atom stereocenters. The Morgan fingerprint density at radius 2 is 2.06 bits per heavy atom. The third-order valence-corrected chi connectivity index (χ3v) is 3.22. The van der Waals surface area contributed by atoms with E-state index in [0.29, 0.717) is 13.0 Å².